The van der Waals surface area contributed by atoms with Gasteiger partial charge in [-0.05, 0) is 42.7 Å². The van der Waals surface area contributed by atoms with Crippen LogP contribution in [0.4, 0.5) is 5.69 Å². The molecule has 0 heterocycles. The zero-order valence-electron chi connectivity index (χ0n) is 13.0. The number of rotatable bonds is 3. The summed E-state index contributed by atoms with van der Waals surface area (Å²) in [5.74, 6) is 0.702. The van der Waals surface area contributed by atoms with Crippen molar-refractivity contribution in [2.45, 2.75) is 46.1 Å². The monoisotopic (exact) mass is 274 g/mol. The first-order valence-corrected chi connectivity index (χ1v) is 7.49. The van der Waals surface area contributed by atoms with Gasteiger partial charge in [0.2, 0.25) is 0 Å². The molecule has 1 fully saturated rings. The van der Waals surface area contributed by atoms with Gasteiger partial charge in [0.15, 0.2) is 0 Å². The molecule has 1 aromatic rings. The van der Waals surface area contributed by atoms with Crippen molar-refractivity contribution < 1.29 is 4.79 Å². The van der Waals surface area contributed by atoms with E-state index in [0.29, 0.717) is 11.3 Å². The number of nitrogens with one attached hydrogen (secondary N) is 2. The molecule has 0 saturated heterocycles. The largest absolute Gasteiger partial charge is 0.387 e. The normalized spacial score (nSPS) is 25.0. The zero-order chi connectivity index (χ0) is 14.8. The van der Waals surface area contributed by atoms with Crippen LogP contribution in [0.5, 0.6) is 0 Å². The Morgan fingerprint density at radius 2 is 1.95 bits per heavy atom. The van der Waals surface area contributed by atoms with Crippen molar-refractivity contribution in [3.63, 3.8) is 0 Å². The highest BCUT2D eigenvalue weighted by Gasteiger charge is 2.32. The third-order valence-electron chi connectivity index (χ3n) is 4.16. The minimum absolute atomic E-state index is 0.0323. The van der Waals surface area contributed by atoms with Crippen molar-refractivity contribution >= 4 is 11.6 Å². The predicted molar refractivity (Wildman–Crippen MR) is 84.0 cm³/mol. The molecule has 2 N–H and O–H groups in total. The van der Waals surface area contributed by atoms with Gasteiger partial charge in [0.05, 0.1) is 5.56 Å². The van der Waals surface area contributed by atoms with Gasteiger partial charge in [-0.2, -0.15) is 0 Å². The Balaban J connectivity index is 2.08. The molecule has 1 saturated carbocycles. The lowest BCUT2D eigenvalue weighted by Crippen LogP contribution is -2.43. The van der Waals surface area contributed by atoms with Crippen molar-refractivity contribution in [1.82, 2.24) is 5.32 Å². The molecule has 0 radical (unpaired) electrons. The van der Waals surface area contributed by atoms with Gasteiger partial charge in [-0.3, -0.25) is 4.79 Å². The van der Waals surface area contributed by atoms with Crippen LogP contribution in [0.3, 0.4) is 0 Å². The molecule has 0 bridgehead atoms. The second-order valence-electron chi connectivity index (χ2n) is 6.88. The summed E-state index contributed by atoms with van der Waals surface area (Å²) in [6.07, 6.45) is 3.38. The van der Waals surface area contributed by atoms with Gasteiger partial charge in [-0.25, -0.2) is 0 Å². The number of anilines is 1. The molecule has 0 unspecified atom stereocenters. The van der Waals surface area contributed by atoms with Crippen LogP contribution in [0.2, 0.25) is 0 Å². The first-order valence-electron chi connectivity index (χ1n) is 7.49. The molecule has 20 heavy (non-hydrogen) atoms. The molecule has 1 aromatic carbocycles. The highest BCUT2D eigenvalue weighted by atomic mass is 16.1. The molecule has 1 aliphatic carbocycles. The molecule has 0 spiro atoms. The van der Waals surface area contributed by atoms with Crippen molar-refractivity contribution in [2.24, 2.45) is 11.3 Å². The van der Waals surface area contributed by atoms with Crippen molar-refractivity contribution in [3.05, 3.63) is 29.8 Å². The molecule has 3 nitrogen and oxygen atoms in total. The topological polar surface area (TPSA) is 41.1 Å². The van der Waals surface area contributed by atoms with Gasteiger partial charge in [0.1, 0.15) is 0 Å². The fourth-order valence-electron chi connectivity index (χ4n) is 3.62. The van der Waals surface area contributed by atoms with Crippen molar-refractivity contribution in [2.75, 3.05) is 12.4 Å². The van der Waals surface area contributed by atoms with Crippen LogP contribution >= 0.6 is 0 Å². The Kier molecular flexibility index (Phi) is 4.36. The smallest absolute Gasteiger partial charge is 0.253 e. The fraction of sp³-hybridized carbons (Fsp3) is 0.588. The number of hydrogen-bond acceptors (Lipinski definition) is 2. The van der Waals surface area contributed by atoms with Gasteiger partial charge in [0.25, 0.3) is 5.91 Å². The number of hydrogen-bond donors (Lipinski definition) is 2. The van der Waals surface area contributed by atoms with Gasteiger partial charge >= 0.3 is 0 Å². The summed E-state index contributed by atoms with van der Waals surface area (Å²) in [6.45, 7) is 6.87. The van der Waals surface area contributed by atoms with Crippen molar-refractivity contribution in [1.29, 1.82) is 0 Å². The van der Waals surface area contributed by atoms with Gasteiger partial charge in [0, 0.05) is 18.8 Å². The first kappa shape index (κ1) is 14.9. The Bertz CT molecular complexity index is 482. The van der Waals surface area contributed by atoms with E-state index >= 15 is 0 Å². The van der Waals surface area contributed by atoms with E-state index < -0.39 is 0 Å². The van der Waals surface area contributed by atoms with Crippen LogP contribution in [0, 0.1) is 11.3 Å². The van der Waals surface area contributed by atoms with E-state index in [1.807, 2.05) is 31.3 Å². The zero-order valence-corrected chi connectivity index (χ0v) is 13.0. The molecule has 0 aliphatic heterocycles. The second kappa shape index (κ2) is 5.86. The second-order valence-corrected chi connectivity index (χ2v) is 6.88. The lowest BCUT2D eigenvalue weighted by molar-refractivity contribution is 0.0875. The van der Waals surface area contributed by atoms with E-state index in [4.69, 9.17) is 0 Å². The maximum atomic E-state index is 12.5. The van der Waals surface area contributed by atoms with Gasteiger partial charge in [-0.1, -0.05) is 32.9 Å². The van der Waals surface area contributed by atoms with E-state index in [1.54, 1.807) is 0 Å². The quantitative estimate of drug-likeness (QED) is 0.883. The SMILES string of the molecule is CNc1ccccc1C(=O)N[C@@H]1C[C@H](C)CC(C)(C)C1. The van der Waals surface area contributed by atoms with E-state index in [2.05, 4.69) is 31.4 Å². The summed E-state index contributed by atoms with van der Waals surface area (Å²) in [4.78, 5) is 12.5. The maximum Gasteiger partial charge on any atom is 0.253 e. The van der Waals surface area contributed by atoms with E-state index in [9.17, 15) is 4.79 Å². The maximum absolute atomic E-state index is 12.5. The average molecular weight is 274 g/mol. The number of amides is 1. The number of carbonyl (C=O) groups excluding carboxylic acids is 1. The van der Waals surface area contributed by atoms with Crippen LogP contribution < -0.4 is 10.6 Å². The number of para-hydroxylation sites is 1. The third-order valence-corrected chi connectivity index (χ3v) is 4.16. The van der Waals surface area contributed by atoms with E-state index in [-0.39, 0.29) is 11.9 Å². The van der Waals surface area contributed by atoms with Crippen LogP contribution in [0.15, 0.2) is 24.3 Å². The molecule has 3 heteroatoms. The molecule has 2 rings (SSSR count). The van der Waals surface area contributed by atoms with Crippen LogP contribution in [0.25, 0.3) is 0 Å². The first-order chi connectivity index (χ1) is 9.41. The summed E-state index contributed by atoms with van der Waals surface area (Å²) in [5, 5.41) is 6.29. The number of carbonyl (C=O) groups is 1. The Morgan fingerprint density at radius 1 is 1.25 bits per heavy atom. The molecule has 0 aromatic heterocycles. The highest BCUT2D eigenvalue weighted by molar-refractivity contribution is 5.99. The molecule has 2 atom stereocenters. The molecular weight excluding hydrogens is 248 g/mol. The van der Waals surface area contributed by atoms with Crippen LogP contribution in [-0.4, -0.2) is 19.0 Å². The fourth-order valence-corrected chi connectivity index (χ4v) is 3.62. The summed E-state index contributed by atoms with van der Waals surface area (Å²) >= 11 is 0. The number of benzene rings is 1. The van der Waals surface area contributed by atoms with E-state index in [1.165, 1.54) is 6.42 Å². The molecule has 1 amide bonds. The Labute approximate surface area is 122 Å². The Hall–Kier alpha value is -1.51. The average Bonchev–Trinajstić information content (AvgIpc) is 2.36. The standard InChI is InChI=1S/C17H26N2O/c1-12-9-13(11-17(2,3)10-12)19-16(20)14-7-5-6-8-15(14)18-4/h5-8,12-13,18H,9-11H2,1-4H3,(H,19,20)/t12-,13+/m0/s1. The predicted octanol–water partition coefficient (Wildman–Crippen LogP) is 3.67. The van der Waals surface area contributed by atoms with Gasteiger partial charge in [-0.15, -0.1) is 0 Å². The Morgan fingerprint density at radius 3 is 2.60 bits per heavy atom. The third kappa shape index (κ3) is 3.53. The summed E-state index contributed by atoms with van der Waals surface area (Å²) in [7, 11) is 1.85. The molecule has 1 aliphatic rings. The summed E-state index contributed by atoms with van der Waals surface area (Å²) in [5.41, 5.74) is 1.93. The van der Waals surface area contributed by atoms with Gasteiger partial charge < -0.3 is 10.6 Å². The molecule has 110 valence electrons. The summed E-state index contributed by atoms with van der Waals surface area (Å²) in [6, 6.07) is 7.93. The van der Waals surface area contributed by atoms with Crippen LogP contribution in [-0.2, 0) is 0 Å². The minimum Gasteiger partial charge on any atom is -0.387 e. The molecular formula is C17H26N2O. The van der Waals surface area contributed by atoms with Crippen molar-refractivity contribution in [3.8, 4) is 0 Å². The highest BCUT2D eigenvalue weighted by Crippen LogP contribution is 2.38. The van der Waals surface area contributed by atoms with E-state index in [0.717, 1.165) is 24.1 Å². The minimum atomic E-state index is 0.0323. The van der Waals surface area contributed by atoms with Crippen LogP contribution in [0.1, 0.15) is 50.4 Å². The summed E-state index contributed by atoms with van der Waals surface area (Å²) < 4.78 is 0. The lowest BCUT2D eigenvalue weighted by Gasteiger charge is -2.39. The lowest BCUT2D eigenvalue weighted by atomic mass is 9.70.